The van der Waals surface area contributed by atoms with Crippen LogP contribution in [0.5, 0.6) is 0 Å². The molecule has 130 valence electrons. The molecule has 0 aliphatic heterocycles. The maximum absolute atomic E-state index is 4.42. The second-order valence-electron chi connectivity index (χ2n) is 6.23. The van der Waals surface area contributed by atoms with Crippen LogP contribution in [0, 0.1) is 11.8 Å². The first-order valence-electron chi connectivity index (χ1n) is 9.00. The van der Waals surface area contributed by atoms with Crippen molar-refractivity contribution >= 4 is 0 Å². The van der Waals surface area contributed by atoms with E-state index in [0.717, 1.165) is 35.5 Å². The maximum Gasteiger partial charge on any atom is 0.139 e. The minimum absolute atomic E-state index is 0.739. The van der Waals surface area contributed by atoms with Crippen LogP contribution in [0.4, 0.5) is 0 Å². The Bertz CT molecular complexity index is 1060. The van der Waals surface area contributed by atoms with Crippen molar-refractivity contribution in [3.05, 3.63) is 108 Å². The number of hydrogen-bond donors (Lipinski definition) is 0. The molecule has 0 aliphatic carbocycles. The van der Waals surface area contributed by atoms with Gasteiger partial charge >= 0.3 is 0 Å². The zero-order valence-corrected chi connectivity index (χ0v) is 14.9. The highest BCUT2D eigenvalue weighted by Gasteiger charge is 2.12. The molecule has 0 saturated heterocycles. The molecule has 4 aromatic rings. The van der Waals surface area contributed by atoms with Crippen molar-refractivity contribution in [3.8, 4) is 23.1 Å². The predicted molar refractivity (Wildman–Crippen MR) is 108 cm³/mol. The standard InChI is InChI=1S/C24H19N3/c1-4-10-20(11-5-1)16-17-23-24(22-14-8-3-9-15-22)25-26-27(23)19-18-21-12-6-2-7-13-21/h1-15H,18-19H2. The van der Waals surface area contributed by atoms with E-state index in [2.05, 4.69) is 46.4 Å². The van der Waals surface area contributed by atoms with Crippen LogP contribution in [0.25, 0.3) is 11.3 Å². The Balaban J connectivity index is 1.69. The van der Waals surface area contributed by atoms with Gasteiger partial charge in [0.15, 0.2) is 0 Å². The number of aromatic nitrogens is 3. The topological polar surface area (TPSA) is 30.7 Å². The summed E-state index contributed by atoms with van der Waals surface area (Å²) in [6.07, 6.45) is 0.887. The van der Waals surface area contributed by atoms with Crippen molar-refractivity contribution in [1.82, 2.24) is 15.0 Å². The van der Waals surface area contributed by atoms with Crippen molar-refractivity contribution < 1.29 is 0 Å². The van der Waals surface area contributed by atoms with Crippen molar-refractivity contribution in [2.75, 3.05) is 0 Å². The fourth-order valence-electron chi connectivity index (χ4n) is 2.92. The molecule has 1 heterocycles. The predicted octanol–water partition coefficient (Wildman–Crippen LogP) is 4.59. The Hall–Kier alpha value is -3.64. The molecule has 0 amide bonds. The van der Waals surface area contributed by atoms with Crippen LogP contribution < -0.4 is 0 Å². The van der Waals surface area contributed by atoms with Gasteiger partial charge in [0.1, 0.15) is 11.4 Å². The summed E-state index contributed by atoms with van der Waals surface area (Å²) in [6.45, 7) is 0.739. The Kier molecular flexibility index (Phi) is 5.08. The van der Waals surface area contributed by atoms with E-state index in [4.69, 9.17) is 0 Å². The number of hydrogen-bond acceptors (Lipinski definition) is 2. The van der Waals surface area contributed by atoms with E-state index in [9.17, 15) is 0 Å². The first-order valence-corrected chi connectivity index (χ1v) is 9.00. The van der Waals surface area contributed by atoms with Crippen LogP contribution in [0.15, 0.2) is 91.0 Å². The number of benzene rings is 3. The minimum atomic E-state index is 0.739. The van der Waals surface area contributed by atoms with Gasteiger partial charge in [0, 0.05) is 17.7 Å². The molecule has 0 radical (unpaired) electrons. The molecule has 4 rings (SSSR count). The molecule has 3 heteroatoms. The van der Waals surface area contributed by atoms with Crippen molar-refractivity contribution in [3.63, 3.8) is 0 Å². The molecule has 0 aliphatic rings. The highest BCUT2D eigenvalue weighted by molar-refractivity contribution is 5.65. The Labute approximate surface area is 159 Å². The third-order valence-corrected chi connectivity index (χ3v) is 4.34. The molecule has 0 saturated carbocycles. The lowest BCUT2D eigenvalue weighted by molar-refractivity contribution is 0.584. The van der Waals surface area contributed by atoms with Crippen LogP contribution >= 0.6 is 0 Å². The van der Waals surface area contributed by atoms with E-state index in [1.165, 1.54) is 5.56 Å². The molecule has 0 N–H and O–H groups in total. The zero-order valence-electron chi connectivity index (χ0n) is 14.9. The minimum Gasteiger partial charge on any atom is -0.236 e. The fourth-order valence-corrected chi connectivity index (χ4v) is 2.92. The van der Waals surface area contributed by atoms with Crippen molar-refractivity contribution in [2.45, 2.75) is 13.0 Å². The van der Waals surface area contributed by atoms with Gasteiger partial charge in [-0.15, -0.1) is 5.10 Å². The van der Waals surface area contributed by atoms with Crippen molar-refractivity contribution in [2.24, 2.45) is 0 Å². The summed E-state index contributed by atoms with van der Waals surface area (Å²) in [5.41, 5.74) is 4.96. The second-order valence-corrected chi connectivity index (χ2v) is 6.23. The molecule has 3 aromatic carbocycles. The lowest BCUT2D eigenvalue weighted by atomic mass is 10.1. The van der Waals surface area contributed by atoms with Crippen LogP contribution in [0.3, 0.4) is 0 Å². The molecule has 27 heavy (non-hydrogen) atoms. The summed E-state index contributed by atoms with van der Waals surface area (Å²) in [5.74, 6) is 6.55. The Morgan fingerprint density at radius 3 is 2.04 bits per heavy atom. The van der Waals surface area contributed by atoms with Gasteiger partial charge in [-0.3, -0.25) is 0 Å². The normalized spacial score (nSPS) is 10.2. The summed E-state index contributed by atoms with van der Waals surface area (Å²) in [5, 5.41) is 8.81. The average molecular weight is 349 g/mol. The number of aryl methyl sites for hydroxylation is 2. The zero-order chi connectivity index (χ0) is 18.3. The number of nitrogens with zero attached hydrogens (tertiary/aromatic N) is 3. The lowest BCUT2D eigenvalue weighted by Crippen LogP contribution is -2.06. The first kappa shape index (κ1) is 16.8. The van der Waals surface area contributed by atoms with E-state index in [-0.39, 0.29) is 0 Å². The van der Waals surface area contributed by atoms with Gasteiger partial charge in [-0.1, -0.05) is 90.0 Å². The SMILES string of the molecule is C(#Cc1c(-c2ccccc2)nnn1CCc1ccccc1)c1ccccc1. The van der Waals surface area contributed by atoms with Crippen LogP contribution in [0.1, 0.15) is 16.8 Å². The first-order chi connectivity index (χ1) is 13.4. The molecule has 0 unspecified atom stereocenters. The van der Waals surface area contributed by atoms with E-state index in [0.29, 0.717) is 0 Å². The summed E-state index contributed by atoms with van der Waals surface area (Å²) in [4.78, 5) is 0. The quantitative estimate of drug-likeness (QED) is 0.505. The molecular formula is C24H19N3. The van der Waals surface area contributed by atoms with Gasteiger partial charge in [-0.2, -0.15) is 0 Å². The highest BCUT2D eigenvalue weighted by atomic mass is 15.4. The third kappa shape index (κ3) is 4.13. The number of rotatable bonds is 4. The van der Waals surface area contributed by atoms with Gasteiger partial charge < -0.3 is 0 Å². The van der Waals surface area contributed by atoms with E-state index in [1.807, 2.05) is 71.4 Å². The van der Waals surface area contributed by atoms with E-state index >= 15 is 0 Å². The molecular weight excluding hydrogens is 330 g/mol. The highest BCUT2D eigenvalue weighted by Crippen LogP contribution is 2.20. The monoisotopic (exact) mass is 349 g/mol. The van der Waals surface area contributed by atoms with Gasteiger partial charge in [0.25, 0.3) is 0 Å². The second kappa shape index (κ2) is 8.16. The van der Waals surface area contributed by atoms with Crippen molar-refractivity contribution in [1.29, 1.82) is 0 Å². The molecule has 0 atom stereocenters. The molecule has 0 bridgehead atoms. The Morgan fingerprint density at radius 2 is 1.33 bits per heavy atom. The summed E-state index contributed by atoms with van der Waals surface area (Å²) < 4.78 is 1.91. The molecule has 3 nitrogen and oxygen atoms in total. The summed E-state index contributed by atoms with van der Waals surface area (Å²) in [6, 6.07) is 30.5. The fraction of sp³-hybridized carbons (Fsp3) is 0.0833. The lowest BCUT2D eigenvalue weighted by Gasteiger charge is -2.04. The molecule has 0 fully saturated rings. The average Bonchev–Trinajstić information content (AvgIpc) is 3.15. The van der Waals surface area contributed by atoms with Gasteiger partial charge in [-0.05, 0) is 30.0 Å². The summed E-state index contributed by atoms with van der Waals surface area (Å²) >= 11 is 0. The summed E-state index contributed by atoms with van der Waals surface area (Å²) in [7, 11) is 0. The smallest absolute Gasteiger partial charge is 0.139 e. The molecule has 0 spiro atoms. The van der Waals surface area contributed by atoms with Crippen LogP contribution in [0.2, 0.25) is 0 Å². The Morgan fingerprint density at radius 1 is 0.704 bits per heavy atom. The van der Waals surface area contributed by atoms with Crippen LogP contribution in [-0.2, 0) is 13.0 Å². The largest absolute Gasteiger partial charge is 0.236 e. The van der Waals surface area contributed by atoms with E-state index in [1.54, 1.807) is 0 Å². The van der Waals surface area contributed by atoms with Gasteiger partial charge in [-0.25, -0.2) is 4.68 Å². The van der Waals surface area contributed by atoms with Gasteiger partial charge in [0.05, 0.1) is 0 Å². The van der Waals surface area contributed by atoms with Gasteiger partial charge in [0.2, 0.25) is 0 Å². The van der Waals surface area contributed by atoms with Crippen LogP contribution in [-0.4, -0.2) is 15.0 Å². The third-order valence-electron chi connectivity index (χ3n) is 4.34. The maximum atomic E-state index is 4.42. The van der Waals surface area contributed by atoms with E-state index < -0.39 is 0 Å². The molecule has 1 aromatic heterocycles.